The number of hydrogen-bond acceptors (Lipinski definition) is 5. The van der Waals surface area contributed by atoms with E-state index >= 15 is 0 Å². The Morgan fingerprint density at radius 3 is 2.96 bits per heavy atom. The van der Waals surface area contributed by atoms with Gasteiger partial charge in [-0.05, 0) is 36.6 Å². The van der Waals surface area contributed by atoms with E-state index in [1.54, 1.807) is 0 Å². The van der Waals surface area contributed by atoms with Crippen molar-refractivity contribution in [2.24, 2.45) is 7.05 Å². The summed E-state index contributed by atoms with van der Waals surface area (Å²) in [5.74, 6) is 0.271. The molecule has 4 rings (SSSR count). The van der Waals surface area contributed by atoms with Crippen molar-refractivity contribution in [3.05, 3.63) is 47.5 Å². The van der Waals surface area contributed by atoms with E-state index in [1.807, 2.05) is 41.2 Å². The first-order valence-corrected chi connectivity index (χ1v) is 9.88. The molecule has 1 N–H and O–H groups in total. The largest absolute Gasteiger partial charge is 0.364 e. The highest BCUT2D eigenvalue weighted by molar-refractivity contribution is 5.78. The molecule has 0 radical (unpaired) electrons. The Morgan fingerprint density at radius 2 is 2.25 bits per heavy atom. The molecule has 1 unspecified atom stereocenters. The molecular weight excluding hydrogens is 352 g/mol. The van der Waals surface area contributed by atoms with Crippen LogP contribution in [0, 0.1) is 11.3 Å². The number of nitrogens with one attached hydrogen (secondary N) is 1. The fourth-order valence-corrected chi connectivity index (χ4v) is 4.18. The van der Waals surface area contributed by atoms with Crippen molar-refractivity contribution in [1.29, 1.82) is 5.26 Å². The zero-order chi connectivity index (χ0) is 19.5. The molecule has 1 aromatic carbocycles. The topological polar surface area (TPSA) is 77.2 Å². The second kappa shape index (κ2) is 8.03. The van der Waals surface area contributed by atoms with Gasteiger partial charge in [-0.25, -0.2) is 4.98 Å². The van der Waals surface area contributed by atoms with Gasteiger partial charge in [-0.2, -0.15) is 5.26 Å². The zero-order valence-corrected chi connectivity index (χ0v) is 16.3. The van der Waals surface area contributed by atoms with E-state index < -0.39 is 0 Å². The predicted molar refractivity (Wildman–Crippen MR) is 107 cm³/mol. The summed E-state index contributed by atoms with van der Waals surface area (Å²) in [4.78, 5) is 20.3. The van der Waals surface area contributed by atoms with Gasteiger partial charge in [0.25, 0.3) is 0 Å². The third-order valence-electron chi connectivity index (χ3n) is 5.71. The summed E-state index contributed by atoms with van der Waals surface area (Å²) in [7, 11) is 2.01. The minimum atomic E-state index is 0.271. The van der Waals surface area contributed by atoms with Gasteiger partial charge in [-0.3, -0.25) is 4.79 Å². The van der Waals surface area contributed by atoms with Crippen LogP contribution in [0.4, 0.5) is 5.69 Å². The number of fused-ring (bicyclic) bond motifs is 1. The van der Waals surface area contributed by atoms with Crippen LogP contribution in [0.5, 0.6) is 0 Å². The number of nitrogens with zero attached hydrogens (tertiary/aromatic N) is 5. The number of benzene rings is 1. The molecule has 0 spiro atoms. The first-order chi connectivity index (χ1) is 13.6. The van der Waals surface area contributed by atoms with Gasteiger partial charge in [-0.1, -0.05) is 0 Å². The first-order valence-electron chi connectivity index (χ1n) is 9.88. The first kappa shape index (κ1) is 18.5. The van der Waals surface area contributed by atoms with Gasteiger partial charge in [0.15, 0.2) is 0 Å². The van der Waals surface area contributed by atoms with Gasteiger partial charge in [0.2, 0.25) is 5.91 Å². The summed E-state index contributed by atoms with van der Waals surface area (Å²) in [6.07, 6.45) is 6.28. The van der Waals surface area contributed by atoms with E-state index in [0.29, 0.717) is 12.0 Å². The molecule has 28 heavy (non-hydrogen) atoms. The fourth-order valence-electron chi connectivity index (χ4n) is 4.18. The Morgan fingerprint density at radius 1 is 1.36 bits per heavy atom. The maximum atomic E-state index is 11.8. The summed E-state index contributed by atoms with van der Waals surface area (Å²) < 4.78 is 2.04. The Labute approximate surface area is 165 Å². The van der Waals surface area contributed by atoms with Crippen LogP contribution in [0.3, 0.4) is 0 Å². The van der Waals surface area contributed by atoms with E-state index in [2.05, 4.69) is 27.3 Å². The number of carbonyl (C=O) groups excluding carboxylic acids is 1. The van der Waals surface area contributed by atoms with Crippen molar-refractivity contribution >= 4 is 11.6 Å². The molecule has 1 amide bonds. The summed E-state index contributed by atoms with van der Waals surface area (Å²) in [5, 5.41) is 12.9. The van der Waals surface area contributed by atoms with Crippen LogP contribution in [0.25, 0.3) is 0 Å². The lowest BCUT2D eigenvalue weighted by Gasteiger charge is -2.37. The van der Waals surface area contributed by atoms with Crippen LogP contribution in [0.1, 0.15) is 29.7 Å². The van der Waals surface area contributed by atoms with Crippen molar-refractivity contribution in [1.82, 2.24) is 19.8 Å². The molecule has 2 aromatic rings. The Hall–Kier alpha value is -2.85. The summed E-state index contributed by atoms with van der Waals surface area (Å²) in [5.41, 5.74) is 4.23. The maximum absolute atomic E-state index is 11.8. The van der Waals surface area contributed by atoms with Crippen LogP contribution in [0.15, 0.2) is 30.7 Å². The number of aromatic nitrogens is 2. The molecule has 7 heteroatoms. The van der Waals surface area contributed by atoms with Crippen LogP contribution < -0.4 is 10.2 Å². The van der Waals surface area contributed by atoms with Gasteiger partial charge < -0.3 is 19.7 Å². The number of amides is 1. The third kappa shape index (κ3) is 3.87. The van der Waals surface area contributed by atoms with Crippen LogP contribution in [0.2, 0.25) is 0 Å². The van der Waals surface area contributed by atoms with Crippen molar-refractivity contribution in [2.75, 3.05) is 31.1 Å². The van der Waals surface area contributed by atoms with E-state index in [1.165, 1.54) is 11.3 Å². The molecule has 3 heterocycles. The number of anilines is 1. The van der Waals surface area contributed by atoms with Gasteiger partial charge >= 0.3 is 0 Å². The number of rotatable bonds is 6. The lowest BCUT2D eigenvalue weighted by atomic mass is 9.96. The Balaban J connectivity index is 1.47. The van der Waals surface area contributed by atoms with Crippen molar-refractivity contribution in [3.8, 4) is 6.07 Å². The Kier molecular flexibility index (Phi) is 5.31. The van der Waals surface area contributed by atoms with Crippen molar-refractivity contribution in [2.45, 2.75) is 31.8 Å². The van der Waals surface area contributed by atoms with Crippen LogP contribution >= 0.6 is 0 Å². The van der Waals surface area contributed by atoms with Crippen molar-refractivity contribution < 1.29 is 4.79 Å². The standard InChI is InChI=1S/C21H26N6O/c1-25-15-23-12-19(25)14-27-13-18(24-6-8-26-7-2-3-21(26)28)10-17-9-16(11-22)4-5-20(17)27/h4-5,9,12,15,18,24H,2-3,6-8,10,13-14H2,1H3. The predicted octanol–water partition coefficient (Wildman–Crippen LogP) is 1.44. The average molecular weight is 378 g/mol. The molecule has 1 atom stereocenters. The van der Waals surface area contributed by atoms with E-state index in [-0.39, 0.29) is 11.9 Å². The Bertz CT molecular complexity index is 899. The van der Waals surface area contributed by atoms with E-state index in [4.69, 9.17) is 0 Å². The highest BCUT2D eigenvalue weighted by atomic mass is 16.2. The molecule has 0 saturated carbocycles. The summed E-state index contributed by atoms with van der Waals surface area (Å²) in [6.45, 7) is 4.10. The van der Waals surface area contributed by atoms with Gasteiger partial charge in [-0.15, -0.1) is 0 Å². The minimum Gasteiger partial charge on any atom is -0.364 e. The molecule has 1 aromatic heterocycles. The maximum Gasteiger partial charge on any atom is 0.222 e. The zero-order valence-electron chi connectivity index (χ0n) is 16.3. The number of likely N-dealkylation sites (tertiary alicyclic amines) is 1. The molecule has 7 nitrogen and oxygen atoms in total. The SMILES string of the molecule is Cn1cncc1CN1CC(NCCN2CCCC2=O)Cc2cc(C#N)ccc21. The number of carbonyl (C=O) groups is 1. The molecule has 0 aliphatic carbocycles. The minimum absolute atomic E-state index is 0.271. The molecule has 146 valence electrons. The number of hydrogen-bond donors (Lipinski definition) is 1. The second-order valence-electron chi connectivity index (χ2n) is 7.67. The highest BCUT2D eigenvalue weighted by Crippen LogP contribution is 2.29. The number of imidazole rings is 1. The number of aryl methyl sites for hydroxylation is 1. The molecular formula is C21H26N6O. The molecule has 2 aliphatic rings. The highest BCUT2D eigenvalue weighted by Gasteiger charge is 2.26. The molecule has 1 fully saturated rings. The van der Waals surface area contributed by atoms with E-state index in [9.17, 15) is 10.1 Å². The van der Waals surface area contributed by atoms with Gasteiger partial charge in [0, 0.05) is 57.6 Å². The van der Waals surface area contributed by atoms with Crippen LogP contribution in [-0.2, 0) is 24.8 Å². The van der Waals surface area contributed by atoms with Crippen molar-refractivity contribution in [3.63, 3.8) is 0 Å². The normalized spacial score (nSPS) is 19.0. The third-order valence-corrected chi connectivity index (χ3v) is 5.71. The molecule has 1 saturated heterocycles. The number of nitriles is 1. The summed E-state index contributed by atoms with van der Waals surface area (Å²) in [6, 6.07) is 8.49. The van der Waals surface area contributed by atoms with Gasteiger partial charge in [0.05, 0.1) is 30.2 Å². The van der Waals surface area contributed by atoms with Crippen LogP contribution in [-0.4, -0.2) is 52.6 Å². The fraction of sp³-hybridized carbons (Fsp3) is 0.476. The molecule has 2 aliphatic heterocycles. The van der Waals surface area contributed by atoms with Gasteiger partial charge in [0.1, 0.15) is 0 Å². The average Bonchev–Trinajstić information content (AvgIpc) is 3.29. The quantitative estimate of drug-likeness (QED) is 0.823. The van der Waals surface area contributed by atoms with E-state index in [0.717, 1.165) is 51.3 Å². The second-order valence-corrected chi connectivity index (χ2v) is 7.67. The smallest absolute Gasteiger partial charge is 0.222 e. The lowest BCUT2D eigenvalue weighted by Crippen LogP contribution is -2.48. The molecule has 0 bridgehead atoms. The monoisotopic (exact) mass is 378 g/mol. The summed E-state index contributed by atoms with van der Waals surface area (Å²) >= 11 is 0. The lowest BCUT2D eigenvalue weighted by molar-refractivity contribution is -0.127.